The molecule has 0 saturated carbocycles. The van der Waals surface area contributed by atoms with Gasteiger partial charge in [0.15, 0.2) is 11.5 Å². The minimum atomic E-state index is -0.378. The molecule has 3 rings (SSSR count). The summed E-state index contributed by atoms with van der Waals surface area (Å²) in [5, 5.41) is 6.89. The number of fused-ring (bicyclic) bond motifs is 1. The van der Waals surface area contributed by atoms with E-state index >= 15 is 0 Å². The second-order valence-corrected chi connectivity index (χ2v) is 5.45. The molecule has 7 nitrogen and oxygen atoms in total. The van der Waals surface area contributed by atoms with Crippen LogP contribution in [0.1, 0.15) is 30.3 Å². The Hall–Kier alpha value is -2.83. The lowest BCUT2D eigenvalue weighted by atomic mass is 10.2. The average molecular weight is 329 g/mol. The zero-order valence-corrected chi connectivity index (χ0v) is 13.4. The van der Waals surface area contributed by atoms with Crippen LogP contribution in [0.15, 0.2) is 35.1 Å². The van der Waals surface area contributed by atoms with Crippen molar-refractivity contribution in [3.8, 4) is 11.5 Å². The van der Waals surface area contributed by atoms with Gasteiger partial charge >= 0.3 is 0 Å². The van der Waals surface area contributed by atoms with Crippen LogP contribution in [0.4, 0.5) is 5.69 Å². The number of hydrogen-bond acceptors (Lipinski definition) is 5. The van der Waals surface area contributed by atoms with E-state index in [1.54, 1.807) is 18.2 Å². The van der Waals surface area contributed by atoms with Gasteiger partial charge in [-0.05, 0) is 24.6 Å². The molecule has 0 unspecified atom stereocenters. The Morgan fingerprint density at radius 2 is 2.00 bits per heavy atom. The molecule has 1 aromatic carbocycles. The van der Waals surface area contributed by atoms with Crippen molar-refractivity contribution >= 4 is 11.6 Å². The zero-order chi connectivity index (χ0) is 16.9. The van der Waals surface area contributed by atoms with Crippen molar-refractivity contribution in [3.63, 3.8) is 0 Å². The van der Waals surface area contributed by atoms with E-state index in [-0.39, 0.29) is 17.2 Å². The van der Waals surface area contributed by atoms with Gasteiger partial charge in [-0.3, -0.25) is 9.59 Å². The highest BCUT2D eigenvalue weighted by molar-refractivity contribution is 6.02. The van der Waals surface area contributed by atoms with Crippen LogP contribution in [0, 0.1) is 0 Å². The fourth-order valence-electron chi connectivity index (χ4n) is 2.35. The highest BCUT2D eigenvalue weighted by Crippen LogP contribution is 2.32. The minimum Gasteiger partial charge on any atom is -0.486 e. The summed E-state index contributed by atoms with van der Waals surface area (Å²) in [6, 6.07) is 7.98. The van der Waals surface area contributed by atoms with E-state index in [0.717, 1.165) is 12.8 Å². The molecule has 1 aliphatic heterocycles. The number of aryl methyl sites for hydroxylation is 1. The first-order valence-electron chi connectivity index (χ1n) is 7.96. The molecule has 1 amide bonds. The van der Waals surface area contributed by atoms with Crippen LogP contribution >= 0.6 is 0 Å². The molecule has 0 saturated heterocycles. The van der Waals surface area contributed by atoms with Gasteiger partial charge in [0.05, 0.1) is 0 Å². The van der Waals surface area contributed by atoms with Crippen molar-refractivity contribution < 1.29 is 14.3 Å². The van der Waals surface area contributed by atoms with E-state index < -0.39 is 0 Å². The lowest BCUT2D eigenvalue weighted by Gasteiger charge is -2.19. The number of benzene rings is 1. The number of carbonyl (C=O) groups excluding carboxylic acids is 1. The van der Waals surface area contributed by atoms with Crippen LogP contribution in [-0.2, 0) is 6.54 Å². The largest absolute Gasteiger partial charge is 0.486 e. The maximum Gasteiger partial charge on any atom is 0.276 e. The standard InChI is InChI=1S/C17H19N3O4/c1-2-3-8-20-16(21)7-5-13(19-20)17(22)18-12-4-6-14-15(11-12)24-10-9-23-14/h4-7,11H,2-3,8-10H2,1H3,(H,18,22). The number of amides is 1. The van der Waals surface area contributed by atoms with Crippen molar-refractivity contribution in [1.29, 1.82) is 0 Å². The molecule has 1 N–H and O–H groups in total. The topological polar surface area (TPSA) is 82.5 Å². The molecule has 2 aromatic rings. The summed E-state index contributed by atoms with van der Waals surface area (Å²) in [5.74, 6) is 0.877. The van der Waals surface area contributed by atoms with E-state index in [2.05, 4.69) is 10.4 Å². The van der Waals surface area contributed by atoms with Crippen LogP contribution in [-0.4, -0.2) is 28.9 Å². The number of aromatic nitrogens is 2. The van der Waals surface area contributed by atoms with E-state index in [0.29, 0.717) is 36.9 Å². The molecule has 24 heavy (non-hydrogen) atoms. The predicted octanol–water partition coefficient (Wildman–Crippen LogP) is 2.07. The first-order valence-corrected chi connectivity index (χ1v) is 7.96. The molecule has 2 heterocycles. The highest BCUT2D eigenvalue weighted by Gasteiger charge is 2.14. The van der Waals surface area contributed by atoms with Crippen molar-refractivity contribution in [2.24, 2.45) is 0 Å². The third kappa shape index (κ3) is 3.56. The maximum absolute atomic E-state index is 12.4. The van der Waals surface area contributed by atoms with E-state index in [1.807, 2.05) is 6.92 Å². The molecular formula is C17H19N3O4. The van der Waals surface area contributed by atoms with Gasteiger partial charge in [-0.25, -0.2) is 4.68 Å². The van der Waals surface area contributed by atoms with Crippen LogP contribution in [0.5, 0.6) is 11.5 Å². The summed E-state index contributed by atoms with van der Waals surface area (Å²) in [4.78, 5) is 24.1. The monoisotopic (exact) mass is 329 g/mol. The average Bonchev–Trinajstić information content (AvgIpc) is 2.61. The van der Waals surface area contributed by atoms with Gasteiger partial charge in [-0.1, -0.05) is 13.3 Å². The van der Waals surface area contributed by atoms with Gasteiger partial charge in [0, 0.05) is 24.4 Å². The van der Waals surface area contributed by atoms with E-state index in [1.165, 1.54) is 16.8 Å². The van der Waals surface area contributed by atoms with Gasteiger partial charge in [0.1, 0.15) is 18.9 Å². The fraction of sp³-hybridized carbons (Fsp3) is 0.353. The SMILES string of the molecule is CCCCn1nc(C(=O)Nc2ccc3c(c2)OCCO3)ccc1=O. The summed E-state index contributed by atoms with van der Waals surface area (Å²) >= 11 is 0. The molecule has 7 heteroatoms. The number of rotatable bonds is 5. The van der Waals surface area contributed by atoms with Crippen LogP contribution in [0.25, 0.3) is 0 Å². The van der Waals surface area contributed by atoms with Crippen molar-refractivity contribution in [3.05, 3.63) is 46.4 Å². The summed E-state index contributed by atoms with van der Waals surface area (Å²) in [6.07, 6.45) is 1.78. The molecule has 0 aliphatic carbocycles. The van der Waals surface area contributed by atoms with Crippen LogP contribution in [0.2, 0.25) is 0 Å². The van der Waals surface area contributed by atoms with Gasteiger partial charge in [0.2, 0.25) is 0 Å². The maximum atomic E-state index is 12.4. The summed E-state index contributed by atoms with van der Waals surface area (Å²) in [6.45, 7) is 3.53. The molecule has 0 atom stereocenters. The Kier molecular flexibility index (Phi) is 4.79. The number of nitrogens with one attached hydrogen (secondary N) is 1. The van der Waals surface area contributed by atoms with Crippen molar-refractivity contribution in [1.82, 2.24) is 9.78 Å². The molecule has 1 aromatic heterocycles. The van der Waals surface area contributed by atoms with Gasteiger partial charge in [-0.15, -0.1) is 0 Å². The Morgan fingerprint density at radius 1 is 1.21 bits per heavy atom. The van der Waals surface area contributed by atoms with Crippen molar-refractivity contribution in [2.75, 3.05) is 18.5 Å². The zero-order valence-electron chi connectivity index (χ0n) is 13.4. The molecule has 0 bridgehead atoms. The second-order valence-electron chi connectivity index (χ2n) is 5.45. The lowest BCUT2D eigenvalue weighted by molar-refractivity contribution is 0.101. The molecule has 0 fully saturated rings. The molecular weight excluding hydrogens is 310 g/mol. The molecule has 0 spiro atoms. The number of unbranched alkanes of at least 4 members (excludes halogenated alkanes) is 1. The summed E-state index contributed by atoms with van der Waals surface area (Å²) < 4.78 is 12.3. The number of hydrogen-bond donors (Lipinski definition) is 1. The number of ether oxygens (including phenoxy) is 2. The third-order valence-electron chi connectivity index (χ3n) is 3.62. The predicted molar refractivity (Wildman–Crippen MR) is 88.8 cm³/mol. The van der Waals surface area contributed by atoms with Gasteiger partial charge < -0.3 is 14.8 Å². The van der Waals surface area contributed by atoms with E-state index in [9.17, 15) is 9.59 Å². The Labute approximate surface area is 139 Å². The van der Waals surface area contributed by atoms with E-state index in [4.69, 9.17) is 9.47 Å². The number of carbonyl (C=O) groups is 1. The van der Waals surface area contributed by atoms with Gasteiger partial charge in [0.25, 0.3) is 11.5 Å². The Bertz CT molecular complexity index is 801. The normalized spacial score (nSPS) is 12.7. The van der Waals surface area contributed by atoms with Crippen LogP contribution < -0.4 is 20.3 Å². The molecule has 0 radical (unpaired) electrons. The Balaban J connectivity index is 1.76. The molecule has 1 aliphatic rings. The fourth-order valence-corrected chi connectivity index (χ4v) is 2.35. The lowest BCUT2D eigenvalue weighted by Crippen LogP contribution is -2.26. The van der Waals surface area contributed by atoms with Crippen LogP contribution in [0.3, 0.4) is 0 Å². The van der Waals surface area contributed by atoms with Crippen molar-refractivity contribution in [2.45, 2.75) is 26.3 Å². The third-order valence-corrected chi connectivity index (χ3v) is 3.62. The highest BCUT2D eigenvalue weighted by atomic mass is 16.6. The Morgan fingerprint density at radius 3 is 2.79 bits per heavy atom. The summed E-state index contributed by atoms with van der Waals surface area (Å²) in [7, 11) is 0. The first-order chi connectivity index (χ1) is 11.7. The van der Waals surface area contributed by atoms with Gasteiger partial charge in [-0.2, -0.15) is 5.10 Å². The minimum absolute atomic E-state index is 0.195. The molecule has 126 valence electrons. The number of anilines is 1. The number of nitrogens with zero attached hydrogens (tertiary/aromatic N) is 2. The summed E-state index contributed by atoms with van der Waals surface area (Å²) in [5.41, 5.74) is 0.567. The quantitative estimate of drug-likeness (QED) is 0.908. The first kappa shape index (κ1) is 16.0. The second kappa shape index (κ2) is 7.16. The smallest absolute Gasteiger partial charge is 0.276 e.